The molecule has 3 aromatic rings. The van der Waals surface area contributed by atoms with Gasteiger partial charge < -0.3 is 15.6 Å². The Morgan fingerprint density at radius 2 is 2.00 bits per heavy atom. The van der Waals surface area contributed by atoms with Gasteiger partial charge in [-0.2, -0.15) is 0 Å². The van der Waals surface area contributed by atoms with Crippen molar-refractivity contribution in [1.29, 1.82) is 10.8 Å². The van der Waals surface area contributed by atoms with Gasteiger partial charge in [0.25, 0.3) is 0 Å². The van der Waals surface area contributed by atoms with E-state index in [1.807, 2.05) is 24.4 Å². The summed E-state index contributed by atoms with van der Waals surface area (Å²) in [6.45, 7) is 5.92. The van der Waals surface area contributed by atoms with Crippen molar-refractivity contribution in [1.82, 2.24) is 15.0 Å². The van der Waals surface area contributed by atoms with Crippen LogP contribution in [0.2, 0.25) is 0 Å². The van der Waals surface area contributed by atoms with E-state index in [4.69, 9.17) is 21.5 Å². The van der Waals surface area contributed by atoms with Gasteiger partial charge in [0.2, 0.25) is 0 Å². The molecule has 0 bridgehead atoms. The molecule has 134 valence electrons. The van der Waals surface area contributed by atoms with Crippen LogP contribution in [-0.2, 0) is 0 Å². The summed E-state index contributed by atoms with van der Waals surface area (Å²) in [5.41, 5.74) is 8.78. The van der Waals surface area contributed by atoms with Crippen molar-refractivity contribution >= 4 is 38.7 Å². The van der Waals surface area contributed by atoms with Crippen LogP contribution in [-0.4, -0.2) is 38.3 Å². The van der Waals surface area contributed by atoms with E-state index in [1.165, 1.54) is 0 Å². The summed E-state index contributed by atoms with van der Waals surface area (Å²) in [4.78, 5) is 14.5. The highest BCUT2D eigenvalue weighted by molar-refractivity contribution is 8.26. The highest BCUT2D eigenvalue weighted by Gasteiger charge is 2.13. The van der Waals surface area contributed by atoms with Crippen LogP contribution in [0.25, 0.3) is 22.2 Å². The molecule has 2 heterocycles. The van der Waals surface area contributed by atoms with Crippen LogP contribution in [0.4, 0.5) is 5.82 Å². The van der Waals surface area contributed by atoms with Gasteiger partial charge >= 0.3 is 0 Å². The Bertz CT molecular complexity index is 959. The third-order valence-electron chi connectivity index (χ3n) is 4.14. The van der Waals surface area contributed by atoms with Gasteiger partial charge in [-0.15, -0.1) is 0 Å². The van der Waals surface area contributed by atoms with Crippen molar-refractivity contribution in [3.05, 3.63) is 42.4 Å². The Morgan fingerprint density at radius 3 is 2.69 bits per heavy atom. The molecule has 0 amide bonds. The zero-order valence-corrected chi connectivity index (χ0v) is 15.5. The number of hydrogen-bond acceptors (Lipinski definition) is 6. The average Bonchev–Trinajstić information content (AvgIpc) is 3.05. The first-order valence-electron chi connectivity index (χ1n) is 8.32. The molecule has 2 aromatic heterocycles. The molecular weight excluding hydrogens is 346 g/mol. The van der Waals surface area contributed by atoms with E-state index in [2.05, 4.69) is 28.7 Å². The molecule has 3 rings (SSSR count). The van der Waals surface area contributed by atoms with Crippen molar-refractivity contribution in [2.24, 2.45) is 5.73 Å². The lowest BCUT2D eigenvalue weighted by atomic mass is 10.1. The number of aromatic amines is 1. The van der Waals surface area contributed by atoms with E-state index in [-0.39, 0.29) is 10.2 Å². The first-order chi connectivity index (χ1) is 12.5. The molecule has 0 fully saturated rings. The number of thioether (sulfide) groups is 1. The van der Waals surface area contributed by atoms with Crippen LogP contribution < -0.4 is 10.6 Å². The predicted octanol–water partition coefficient (Wildman–Crippen LogP) is 3.42. The standard InChI is InChI=1S/C18H21N7S/c1-3-25(4-2)16-10-22-9-15(24-16)13-8-23-14-6-5-11(7-12(13)14)17(19)26-18(20)21/h5-10,19,23H,3-4H2,1-2H3,(H3,20,21). The smallest absolute Gasteiger partial charge is 0.157 e. The number of rotatable bonds is 5. The summed E-state index contributed by atoms with van der Waals surface area (Å²) < 4.78 is 0. The summed E-state index contributed by atoms with van der Waals surface area (Å²) >= 11 is 0.932. The normalized spacial score (nSPS) is 10.8. The van der Waals surface area contributed by atoms with Crippen molar-refractivity contribution < 1.29 is 0 Å². The van der Waals surface area contributed by atoms with Crippen LogP contribution in [0.1, 0.15) is 19.4 Å². The van der Waals surface area contributed by atoms with Crippen molar-refractivity contribution in [2.45, 2.75) is 13.8 Å². The van der Waals surface area contributed by atoms with Gasteiger partial charge in [0.15, 0.2) is 5.17 Å². The molecule has 0 aliphatic carbocycles. The molecule has 5 N–H and O–H groups in total. The van der Waals surface area contributed by atoms with Crippen molar-refractivity contribution in [2.75, 3.05) is 18.0 Å². The van der Waals surface area contributed by atoms with Crippen LogP contribution in [0.5, 0.6) is 0 Å². The second-order valence-corrected chi connectivity index (χ2v) is 6.75. The van der Waals surface area contributed by atoms with Crippen LogP contribution in [0.3, 0.4) is 0 Å². The maximum absolute atomic E-state index is 8.10. The molecule has 0 radical (unpaired) electrons. The van der Waals surface area contributed by atoms with Gasteiger partial charge in [0, 0.05) is 41.3 Å². The van der Waals surface area contributed by atoms with E-state index in [1.54, 1.807) is 12.4 Å². The molecule has 26 heavy (non-hydrogen) atoms. The van der Waals surface area contributed by atoms with E-state index < -0.39 is 0 Å². The van der Waals surface area contributed by atoms with E-state index in [0.29, 0.717) is 5.56 Å². The van der Waals surface area contributed by atoms with Gasteiger partial charge in [-0.3, -0.25) is 15.8 Å². The number of amidine groups is 1. The number of anilines is 1. The first kappa shape index (κ1) is 17.9. The van der Waals surface area contributed by atoms with E-state index in [9.17, 15) is 0 Å². The van der Waals surface area contributed by atoms with Gasteiger partial charge in [-0.05, 0) is 37.7 Å². The van der Waals surface area contributed by atoms with Gasteiger partial charge in [0.1, 0.15) is 10.9 Å². The minimum Gasteiger partial charge on any atom is -0.378 e. The minimum atomic E-state index is -0.0952. The molecule has 0 saturated heterocycles. The van der Waals surface area contributed by atoms with Crippen molar-refractivity contribution in [3.8, 4) is 11.3 Å². The van der Waals surface area contributed by atoms with Gasteiger partial charge in [-0.25, -0.2) is 4.98 Å². The fraction of sp³-hybridized carbons (Fsp3) is 0.222. The number of nitrogens with one attached hydrogen (secondary N) is 3. The van der Waals surface area contributed by atoms with Gasteiger partial charge in [-0.1, -0.05) is 6.07 Å². The number of nitrogens with two attached hydrogens (primary N) is 1. The topological polar surface area (TPSA) is 119 Å². The third-order valence-corrected chi connectivity index (χ3v) is 4.80. The van der Waals surface area contributed by atoms with Crippen LogP contribution in [0, 0.1) is 10.8 Å². The van der Waals surface area contributed by atoms with Crippen LogP contribution >= 0.6 is 11.8 Å². The third kappa shape index (κ3) is 3.55. The van der Waals surface area contributed by atoms with Gasteiger partial charge in [0.05, 0.1) is 18.1 Å². The number of nitrogens with zero attached hydrogens (tertiary/aromatic N) is 3. The highest BCUT2D eigenvalue weighted by atomic mass is 32.2. The van der Waals surface area contributed by atoms with Crippen LogP contribution in [0.15, 0.2) is 36.8 Å². The summed E-state index contributed by atoms with van der Waals surface area (Å²) in [6, 6.07) is 5.69. The second-order valence-electron chi connectivity index (χ2n) is 5.69. The zero-order chi connectivity index (χ0) is 18.7. The summed E-state index contributed by atoms with van der Waals surface area (Å²) in [6.07, 6.45) is 5.43. The fourth-order valence-electron chi connectivity index (χ4n) is 2.83. The Hall–Kier alpha value is -2.87. The quantitative estimate of drug-likeness (QED) is 0.407. The fourth-order valence-corrected chi connectivity index (χ4v) is 3.29. The molecule has 8 heteroatoms. The Labute approximate surface area is 156 Å². The largest absolute Gasteiger partial charge is 0.378 e. The Kier molecular flexibility index (Phi) is 5.22. The maximum Gasteiger partial charge on any atom is 0.157 e. The molecule has 0 spiro atoms. The number of hydrogen-bond donors (Lipinski definition) is 4. The number of H-pyrrole nitrogens is 1. The van der Waals surface area contributed by atoms with Crippen molar-refractivity contribution in [3.63, 3.8) is 0 Å². The number of benzene rings is 1. The predicted molar refractivity (Wildman–Crippen MR) is 109 cm³/mol. The lowest BCUT2D eigenvalue weighted by Gasteiger charge is -2.19. The summed E-state index contributed by atoms with van der Waals surface area (Å²) in [5.74, 6) is 0.845. The molecular formula is C18H21N7S. The number of fused-ring (bicyclic) bond motifs is 1. The molecule has 0 saturated carbocycles. The number of aromatic nitrogens is 3. The van der Waals surface area contributed by atoms with E-state index in [0.717, 1.165) is 52.8 Å². The summed E-state index contributed by atoms with van der Waals surface area (Å²) in [7, 11) is 0. The molecule has 7 nitrogen and oxygen atoms in total. The maximum atomic E-state index is 8.10. The molecule has 0 aliphatic rings. The minimum absolute atomic E-state index is 0.0952. The average molecular weight is 367 g/mol. The summed E-state index contributed by atoms with van der Waals surface area (Å²) in [5, 5.41) is 16.6. The SMILES string of the molecule is CCN(CC)c1cncc(-c2c[nH]c3ccc(C(=N)SC(=N)N)cc23)n1. The molecule has 1 aromatic carbocycles. The second kappa shape index (κ2) is 7.57. The van der Waals surface area contributed by atoms with E-state index >= 15 is 0 Å². The molecule has 0 atom stereocenters. The highest BCUT2D eigenvalue weighted by Crippen LogP contribution is 2.29. The lowest BCUT2D eigenvalue weighted by molar-refractivity contribution is 0.841. The first-order valence-corrected chi connectivity index (χ1v) is 9.14. The monoisotopic (exact) mass is 367 g/mol. The zero-order valence-electron chi connectivity index (χ0n) is 14.7. The Morgan fingerprint density at radius 1 is 1.23 bits per heavy atom. The lowest BCUT2D eigenvalue weighted by Crippen LogP contribution is -2.23. The molecule has 0 unspecified atom stereocenters. The Balaban J connectivity index is 2.04. The molecule has 0 aliphatic heterocycles.